The summed E-state index contributed by atoms with van der Waals surface area (Å²) >= 11 is 0. The number of nitrogens with zero attached hydrogens (tertiary/aromatic N) is 3. The second-order valence-electron chi connectivity index (χ2n) is 5.60. The van der Waals surface area contributed by atoms with E-state index in [2.05, 4.69) is 27.1 Å². The van der Waals surface area contributed by atoms with Crippen LogP contribution in [0.1, 0.15) is 44.1 Å². The Morgan fingerprint density at radius 3 is 2.89 bits per heavy atom. The Labute approximate surface area is 116 Å². The minimum Gasteiger partial charge on any atom is -0.370 e. The largest absolute Gasteiger partial charge is 0.370 e. The summed E-state index contributed by atoms with van der Waals surface area (Å²) in [6.07, 6.45) is 5.29. The van der Waals surface area contributed by atoms with Gasteiger partial charge in [0.2, 0.25) is 0 Å². The number of aromatic nitrogens is 2. The van der Waals surface area contributed by atoms with E-state index in [0.29, 0.717) is 0 Å². The van der Waals surface area contributed by atoms with E-state index in [1.165, 1.54) is 38.8 Å². The van der Waals surface area contributed by atoms with Crippen LogP contribution in [0.5, 0.6) is 0 Å². The molecule has 19 heavy (non-hydrogen) atoms. The SMILES string of the molecule is Cc1cc(NCCCN2CCCCC2C)nc(C)n1. The van der Waals surface area contributed by atoms with Crippen molar-refractivity contribution >= 4 is 5.82 Å². The molecule has 1 aliphatic heterocycles. The maximum absolute atomic E-state index is 4.40. The Morgan fingerprint density at radius 2 is 2.16 bits per heavy atom. The summed E-state index contributed by atoms with van der Waals surface area (Å²) in [5.41, 5.74) is 1.03. The molecule has 0 bridgehead atoms. The van der Waals surface area contributed by atoms with Crippen LogP contribution in [-0.2, 0) is 0 Å². The van der Waals surface area contributed by atoms with Crippen molar-refractivity contribution in [2.75, 3.05) is 25.0 Å². The van der Waals surface area contributed by atoms with Crippen molar-refractivity contribution in [3.63, 3.8) is 0 Å². The van der Waals surface area contributed by atoms with Gasteiger partial charge in [-0.3, -0.25) is 0 Å². The van der Waals surface area contributed by atoms with E-state index in [1.54, 1.807) is 0 Å². The Balaban J connectivity index is 1.71. The van der Waals surface area contributed by atoms with Gasteiger partial charge in [-0.25, -0.2) is 9.97 Å². The van der Waals surface area contributed by atoms with Crippen molar-refractivity contribution < 1.29 is 0 Å². The summed E-state index contributed by atoms with van der Waals surface area (Å²) in [5, 5.41) is 3.40. The maximum atomic E-state index is 4.40. The van der Waals surface area contributed by atoms with Crippen LogP contribution in [0.2, 0.25) is 0 Å². The van der Waals surface area contributed by atoms with Gasteiger partial charge in [-0.15, -0.1) is 0 Å². The molecule has 1 aliphatic rings. The fourth-order valence-electron chi connectivity index (χ4n) is 2.80. The van der Waals surface area contributed by atoms with Gasteiger partial charge < -0.3 is 10.2 Å². The minimum absolute atomic E-state index is 0.761. The molecule has 1 unspecified atom stereocenters. The molecule has 1 saturated heterocycles. The molecule has 1 atom stereocenters. The number of aryl methyl sites for hydroxylation is 2. The molecule has 106 valence electrons. The zero-order valence-electron chi connectivity index (χ0n) is 12.4. The van der Waals surface area contributed by atoms with Crippen molar-refractivity contribution in [1.82, 2.24) is 14.9 Å². The van der Waals surface area contributed by atoms with Crippen LogP contribution in [0.4, 0.5) is 5.82 Å². The first kappa shape index (κ1) is 14.3. The van der Waals surface area contributed by atoms with Crippen LogP contribution in [0.25, 0.3) is 0 Å². The molecule has 4 nitrogen and oxygen atoms in total. The summed E-state index contributed by atoms with van der Waals surface area (Å²) in [7, 11) is 0. The third kappa shape index (κ3) is 4.46. The Kier molecular flexibility index (Phi) is 5.14. The number of likely N-dealkylation sites (tertiary alicyclic amines) is 1. The lowest BCUT2D eigenvalue weighted by molar-refractivity contribution is 0.160. The highest BCUT2D eigenvalue weighted by atomic mass is 15.2. The molecule has 0 aromatic carbocycles. The molecule has 0 saturated carbocycles. The van der Waals surface area contributed by atoms with Gasteiger partial charge in [0, 0.05) is 30.9 Å². The summed E-state index contributed by atoms with van der Waals surface area (Å²) in [5.74, 6) is 1.80. The Morgan fingerprint density at radius 1 is 1.32 bits per heavy atom. The average molecular weight is 262 g/mol. The van der Waals surface area contributed by atoms with E-state index < -0.39 is 0 Å². The first-order valence-electron chi connectivity index (χ1n) is 7.45. The highest BCUT2D eigenvalue weighted by Crippen LogP contribution is 2.16. The van der Waals surface area contributed by atoms with E-state index in [0.717, 1.165) is 29.9 Å². The normalized spacial score (nSPS) is 20.5. The first-order chi connectivity index (χ1) is 9.15. The molecular weight excluding hydrogens is 236 g/mol. The number of nitrogens with one attached hydrogen (secondary N) is 1. The van der Waals surface area contributed by atoms with Gasteiger partial charge in [0.15, 0.2) is 0 Å². The van der Waals surface area contributed by atoms with E-state index in [1.807, 2.05) is 19.9 Å². The molecule has 0 amide bonds. The van der Waals surface area contributed by atoms with Crippen molar-refractivity contribution in [2.24, 2.45) is 0 Å². The third-order valence-corrected chi connectivity index (χ3v) is 3.83. The first-order valence-corrected chi connectivity index (χ1v) is 7.45. The van der Waals surface area contributed by atoms with Gasteiger partial charge in [0.05, 0.1) is 0 Å². The monoisotopic (exact) mass is 262 g/mol. The molecule has 0 aliphatic carbocycles. The van der Waals surface area contributed by atoms with Gasteiger partial charge >= 0.3 is 0 Å². The van der Waals surface area contributed by atoms with Gasteiger partial charge in [-0.1, -0.05) is 6.42 Å². The number of hydrogen-bond acceptors (Lipinski definition) is 4. The van der Waals surface area contributed by atoms with E-state index in [-0.39, 0.29) is 0 Å². The van der Waals surface area contributed by atoms with Crippen LogP contribution in [-0.4, -0.2) is 40.5 Å². The standard InChI is InChI=1S/C15H26N4/c1-12-11-15(18-14(3)17-12)16-8-6-10-19-9-5-4-7-13(19)2/h11,13H,4-10H2,1-3H3,(H,16,17,18). The zero-order valence-corrected chi connectivity index (χ0v) is 12.4. The lowest BCUT2D eigenvalue weighted by atomic mass is 10.0. The molecule has 0 spiro atoms. The average Bonchev–Trinajstić information content (AvgIpc) is 2.35. The molecule has 2 heterocycles. The highest BCUT2D eigenvalue weighted by molar-refractivity contribution is 5.35. The van der Waals surface area contributed by atoms with Crippen molar-refractivity contribution in [3.8, 4) is 0 Å². The topological polar surface area (TPSA) is 41.0 Å². The van der Waals surface area contributed by atoms with Gasteiger partial charge in [0.1, 0.15) is 11.6 Å². The molecule has 2 rings (SSSR count). The molecular formula is C15H26N4. The molecule has 0 radical (unpaired) electrons. The van der Waals surface area contributed by atoms with Crippen molar-refractivity contribution in [3.05, 3.63) is 17.6 Å². The summed E-state index contributed by atoms with van der Waals surface area (Å²) in [6.45, 7) is 9.75. The Hall–Kier alpha value is -1.16. The number of hydrogen-bond donors (Lipinski definition) is 1. The molecule has 1 fully saturated rings. The zero-order chi connectivity index (χ0) is 13.7. The van der Waals surface area contributed by atoms with Gasteiger partial charge in [-0.05, 0) is 46.6 Å². The lowest BCUT2D eigenvalue weighted by Crippen LogP contribution is -2.38. The fraction of sp³-hybridized carbons (Fsp3) is 0.733. The highest BCUT2D eigenvalue weighted by Gasteiger charge is 2.16. The lowest BCUT2D eigenvalue weighted by Gasteiger charge is -2.33. The summed E-state index contributed by atoms with van der Waals surface area (Å²) in [6, 6.07) is 2.77. The fourth-order valence-corrected chi connectivity index (χ4v) is 2.80. The molecule has 1 N–H and O–H groups in total. The summed E-state index contributed by atoms with van der Waals surface area (Å²) < 4.78 is 0. The van der Waals surface area contributed by atoms with Crippen LogP contribution in [0.15, 0.2) is 6.07 Å². The van der Waals surface area contributed by atoms with Crippen LogP contribution < -0.4 is 5.32 Å². The number of anilines is 1. The predicted molar refractivity (Wildman–Crippen MR) is 79.5 cm³/mol. The molecule has 1 aromatic rings. The van der Waals surface area contributed by atoms with Crippen molar-refractivity contribution in [1.29, 1.82) is 0 Å². The smallest absolute Gasteiger partial charge is 0.129 e. The molecule has 1 aromatic heterocycles. The van der Waals surface area contributed by atoms with E-state index in [4.69, 9.17) is 0 Å². The van der Waals surface area contributed by atoms with Crippen LogP contribution >= 0.6 is 0 Å². The predicted octanol–water partition coefficient (Wildman–Crippen LogP) is 2.77. The second-order valence-corrected chi connectivity index (χ2v) is 5.60. The minimum atomic E-state index is 0.761. The second kappa shape index (κ2) is 6.85. The van der Waals surface area contributed by atoms with Crippen molar-refractivity contribution in [2.45, 2.75) is 52.5 Å². The van der Waals surface area contributed by atoms with Gasteiger partial charge in [-0.2, -0.15) is 0 Å². The summed E-state index contributed by atoms with van der Waals surface area (Å²) in [4.78, 5) is 11.3. The maximum Gasteiger partial charge on any atom is 0.129 e. The third-order valence-electron chi connectivity index (χ3n) is 3.83. The number of piperidine rings is 1. The quantitative estimate of drug-likeness (QED) is 0.828. The van der Waals surface area contributed by atoms with E-state index in [9.17, 15) is 0 Å². The van der Waals surface area contributed by atoms with Gasteiger partial charge in [0.25, 0.3) is 0 Å². The van der Waals surface area contributed by atoms with E-state index >= 15 is 0 Å². The van der Waals surface area contributed by atoms with Crippen LogP contribution in [0, 0.1) is 13.8 Å². The van der Waals surface area contributed by atoms with Crippen LogP contribution in [0.3, 0.4) is 0 Å². The molecule has 4 heteroatoms. The number of rotatable bonds is 5. The Bertz CT molecular complexity index is 385.